The lowest BCUT2D eigenvalue weighted by Crippen LogP contribution is -2.51. The predicted molar refractivity (Wildman–Crippen MR) is 117 cm³/mol. The zero-order valence-electron chi connectivity index (χ0n) is 18.2. The molecule has 1 N–H and O–H groups in total. The van der Waals surface area contributed by atoms with Gasteiger partial charge in [-0.1, -0.05) is 19.3 Å². The Kier molecular flexibility index (Phi) is 6.70. The van der Waals surface area contributed by atoms with Gasteiger partial charge in [-0.3, -0.25) is 14.7 Å². The Balaban J connectivity index is 1.30. The highest BCUT2D eigenvalue weighted by Gasteiger charge is 2.26. The number of nitrogens with one attached hydrogen (secondary N) is 1. The maximum atomic E-state index is 12.8. The monoisotopic (exact) mass is 399 g/mol. The first kappa shape index (κ1) is 20.6. The van der Waals surface area contributed by atoms with Crippen LogP contribution in [-0.4, -0.2) is 79.6 Å². The Morgan fingerprint density at radius 3 is 2.59 bits per heavy atom. The van der Waals surface area contributed by atoms with Gasteiger partial charge >= 0.3 is 0 Å². The van der Waals surface area contributed by atoms with Gasteiger partial charge in [0.05, 0.1) is 6.54 Å². The molecule has 0 spiro atoms. The van der Waals surface area contributed by atoms with Gasteiger partial charge in [0.15, 0.2) is 0 Å². The highest BCUT2D eigenvalue weighted by Crippen LogP contribution is 2.26. The summed E-state index contributed by atoms with van der Waals surface area (Å²) in [7, 11) is 2.01. The second-order valence-electron chi connectivity index (χ2n) is 9.14. The van der Waals surface area contributed by atoms with E-state index in [1.807, 2.05) is 11.9 Å². The lowest BCUT2D eigenvalue weighted by molar-refractivity contribution is -0.133. The SMILES string of the molecule is Cc1cc(N2CCN(CC(=O)N(C)C3CCCCC3)CC2)cc([C@H]2CCNC2)n1. The number of pyridine rings is 1. The average molecular weight is 400 g/mol. The van der Waals surface area contributed by atoms with Gasteiger partial charge in [-0.15, -0.1) is 0 Å². The molecular weight excluding hydrogens is 362 g/mol. The van der Waals surface area contributed by atoms with Crippen LogP contribution in [0.1, 0.15) is 55.8 Å². The molecule has 1 saturated carbocycles. The van der Waals surface area contributed by atoms with Gasteiger partial charge in [0.2, 0.25) is 5.91 Å². The molecule has 6 heteroatoms. The number of anilines is 1. The van der Waals surface area contributed by atoms with Crippen LogP contribution < -0.4 is 10.2 Å². The van der Waals surface area contributed by atoms with Crippen molar-refractivity contribution in [3.8, 4) is 0 Å². The molecule has 1 aromatic heterocycles. The maximum absolute atomic E-state index is 12.8. The second-order valence-corrected chi connectivity index (χ2v) is 9.14. The third-order valence-corrected chi connectivity index (χ3v) is 7.05. The molecule has 0 aromatic carbocycles. The summed E-state index contributed by atoms with van der Waals surface area (Å²) >= 11 is 0. The number of piperazine rings is 1. The second kappa shape index (κ2) is 9.43. The lowest BCUT2D eigenvalue weighted by Gasteiger charge is -2.38. The molecule has 0 radical (unpaired) electrons. The molecule has 1 amide bonds. The van der Waals surface area contributed by atoms with Crippen molar-refractivity contribution in [1.29, 1.82) is 0 Å². The van der Waals surface area contributed by atoms with Crippen LogP contribution in [0.3, 0.4) is 0 Å². The minimum Gasteiger partial charge on any atom is -0.369 e. The van der Waals surface area contributed by atoms with E-state index in [2.05, 4.69) is 34.2 Å². The van der Waals surface area contributed by atoms with Crippen molar-refractivity contribution in [3.05, 3.63) is 23.5 Å². The molecule has 2 saturated heterocycles. The quantitative estimate of drug-likeness (QED) is 0.824. The van der Waals surface area contributed by atoms with Crippen LogP contribution in [0, 0.1) is 6.92 Å². The summed E-state index contributed by atoms with van der Waals surface area (Å²) in [6, 6.07) is 4.96. The standard InChI is InChI=1S/C23H37N5O/c1-18-14-21(15-22(25-18)19-8-9-24-16-19)28-12-10-27(11-13-28)17-23(29)26(2)20-6-4-3-5-7-20/h14-15,19-20,24H,3-13,16-17H2,1-2H3/t19-/m0/s1. The number of amides is 1. The van der Waals surface area contributed by atoms with Crippen LogP contribution in [0.2, 0.25) is 0 Å². The molecule has 1 atom stereocenters. The Morgan fingerprint density at radius 2 is 1.90 bits per heavy atom. The summed E-state index contributed by atoms with van der Waals surface area (Å²) in [6.45, 7) is 8.66. The van der Waals surface area contributed by atoms with Gasteiger partial charge in [-0.05, 0) is 44.9 Å². The van der Waals surface area contributed by atoms with E-state index in [9.17, 15) is 4.79 Å². The van der Waals surface area contributed by atoms with E-state index in [0.717, 1.165) is 45.0 Å². The molecule has 3 aliphatic rings. The van der Waals surface area contributed by atoms with Gasteiger partial charge in [-0.25, -0.2) is 0 Å². The van der Waals surface area contributed by atoms with Crippen molar-refractivity contribution in [3.63, 3.8) is 0 Å². The number of nitrogens with zero attached hydrogens (tertiary/aromatic N) is 4. The van der Waals surface area contributed by atoms with Gasteiger partial charge in [0.25, 0.3) is 0 Å². The summed E-state index contributed by atoms with van der Waals surface area (Å²) in [4.78, 5) is 24.4. The first-order chi connectivity index (χ1) is 14.1. The number of hydrogen-bond acceptors (Lipinski definition) is 5. The number of likely N-dealkylation sites (N-methyl/N-ethyl adjacent to an activating group) is 1. The zero-order chi connectivity index (χ0) is 20.2. The van der Waals surface area contributed by atoms with Crippen molar-refractivity contribution in [2.24, 2.45) is 0 Å². The van der Waals surface area contributed by atoms with Crippen molar-refractivity contribution < 1.29 is 4.79 Å². The molecule has 1 aliphatic carbocycles. The highest BCUT2D eigenvalue weighted by molar-refractivity contribution is 5.78. The third-order valence-electron chi connectivity index (χ3n) is 7.05. The van der Waals surface area contributed by atoms with Gasteiger partial charge in [-0.2, -0.15) is 0 Å². The van der Waals surface area contributed by atoms with Crippen LogP contribution in [-0.2, 0) is 4.79 Å². The summed E-state index contributed by atoms with van der Waals surface area (Å²) < 4.78 is 0. The molecule has 3 heterocycles. The van der Waals surface area contributed by atoms with Crippen LogP contribution >= 0.6 is 0 Å². The van der Waals surface area contributed by atoms with E-state index >= 15 is 0 Å². The van der Waals surface area contributed by atoms with E-state index in [1.165, 1.54) is 49.9 Å². The molecule has 2 aliphatic heterocycles. The summed E-state index contributed by atoms with van der Waals surface area (Å²) in [6.07, 6.45) is 7.40. The number of hydrogen-bond donors (Lipinski definition) is 1. The Hall–Kier alpha value is -1.66. The van der Waals surface area contributed by atoms with Crippen LogP contribution in [0.25, 0.3) is 0 Å². The van der Waals surface area contributed by atoms with Gasteiger partial charge < -0.3 is 15.1 Å². The molecule has 6 nitrogen and oxygen atoms in total. The van der Waals surface area contributed by atoms with Crippen LogP contribution in [0.15, 0.2) is 12.1 Å². The molecule has 29 heavy (non-hydrogen) atoms. The van der Waals surface area contributed by atoms with E-state index < -0.39 is 0 Å². The topological polar surface area (TPSA) is 51.7 Å². The van der Waals surface area contributed by atoms with Crippen molar-refractivity contribution >= 4 is 11.6 Å². The Labute approximate surface area is 175 Å². The fraction of sp³-hybridized carbons (Fsp3) is 0.739. The Morgan fingerprint density at radius 1 is 1.14 bits per heavy atom. The Bertz CT molecular complexity index is 689. The first-order valence-electron chi connectivity index (χ1n) is 11.5. The zero-order valence-corrected chi connectivity index (χ0v) is 18.2. The number of aromatic nitrogens is 1. The number of carbonyl (C=O) groups excluding carboxylic acids is 1. The summed E-state index contributed by atoms with van der Waals surface area (Å²) in [5, 5.41) is 3.45. The fourth-order valence-corrected chi connectivity index (χ4v) is 5.11. The predicted octanol–water partition coefficient (Wildman–Crippen LogP) is 2.38. The third kappa shape index (κ3) is 5.10. The first-order valence-corrected chi connectivity index (χ1v) is 11.5. The van der Waals surface area contributed by atoms with Gasteiger partial charge in [0.1, 0.15) is 0 Å². The van der Waals surface area contributed by atoms with Crippen molar-refractivity contribution in [1.82, 2.24) is 20.1 Å². The molecule has 160 valence electrons. The smallest absolute Gasteiger partial charge is 0.236 e. The lowest BCUT2D eigenvalue weighted by atomic mass is 9.94. The van der Waals surface area contributed by atoms with Crippen molar-refractivity contribution in [2.75, 3.05) is 57.8 Å². The maximum Gasteiger partial charge on any atom is 0.236 e. The van der Waals surface area contributed by atoms with Crippen molar-refractivity contribution in [2.45, 2.75) is 57.4 Å². The molecule has 0 unspecified atom stereocenters. The van der Waals surface area contributed by atoms with Crippen LogP contribution in [0.5, 0.6) is 0 Å². The summed E-state index contributed by atoms with van der Waals surface area (Å²) in [5.74, 6) is 0.837. The average Bonchev–Trinajstić information content (AvgIpc) is 3.29. The van der Waals surface area contributed by atoms with E-state index in [0.29, 0.717) is 24.4 Å². The van der Waals surface area contributed by atoms with E-state index in [4.69, 9.17) is 4.98 Å². The van der Waals surface area contributed by atoms with Gasteiger partial charge in [0, 0.05) is 68.8 Å². The highest BCUT2D eigenvalue weighted by atomic mass is 16.2. The molecule has 0 bridgehead atoms. The fourth-order valence-electron chi connectivity index (χ4n) is 5.11. The number of rotatable bonds is 5. The van der Waals surface area contributed by atoms with Crippen LogP contribution in [0.4, 0.5) is 5.69 Å². The molecule has 4 rings (SSSR count). The minimum atomic E-state index is 0.293. The number of carbonyl (C=O) groups is 1. The van der Waals surface area contributed by atoms with E-state index in [-0.39, 0.29) is 0 Å². The molecular formula is C23H37N5O. The largest absolute Gasteiger partial charge is 0.369 e. The summed E-state index contributed by atoms with van der Waals surface area (Å²) in [5.41, 5.74) is 3.64. The number of aryl methyl sites for hydroxylation is 1. The minimum absolute atomic E-state index is 0.293. The molecule has 3 fully saturated rings. The van der Waals surface area contributed by atoms with E-state index in [1.54, 1.807) is 0 Å². The molecule has 1 aromatic rings. The normalized spacial score (nSPS) is 24.1.